The quantitative estimate of drug-likeness (QED) is 0.575. The highest BCUT2D eigenvalue weighted by molar-refractivity contribution is 7.88. The molecule has 0 spiro atoms. The van der Waals surface area contributed by atoms with Crippen LogP contribution in [0.1, 0.15) is 59.8 Å². The number of aryl methyl sites for hydroxylation is 1. The molecule has 9 heteroatoms. The number of amides is 1. The Labute approximate surface area is 170 Å². The molecule has 156 valence electrons. The fourth-order valence-corrected chi connectivity index (χ4v) is 6.07. The number of sulfonamides is 1. The van der Waals surface area contributed by atoms with Crippen molar-refractivity contribution in [1.82, 2.24) is 4.31 Å². The molecular weight excluding hydrogens is 400 g/mol. The first-order valence-electron chi connectivity index (χ1n) is 9.89. The third-order valence-corrected chi connectivity index (χ3v) is 7.94. The van der Waals surface area contributed by atoms with Crippen LogP contribution in [0.25, 0.3) is 0 Å². The molecule has 2 heterocycles. The Morgan fingerprint density at radius 2 is 1.86 bits per heavy atom. The molecule has 1 aromatic heterocycles. The number of nitrogens with one attached hydrogen (secondary N) is 1. The lowest BCUT2D eigenvalue weighted by Gasteiger charge is -2.29. The van der Waals surface area contributed by atoms with E-state index in [0.717, 1.165) is 37.7 Å². The molecule has 0 aromatic carbocycles. The molecule has 1 aliphatic heterocycles. The normalized spacial score (nSPS) is 18.9. The number of nitrogens with zero attached hydrogens (tertiary/aromatic N) is 1. The molecule has 0 unspecified atom stereocenters. The lowest BCUT2D eigenvalue weighted by Crippen LogP contribution is -2.40. The molecule has 1 saturated heterocycles. The van der Waals surface area contributed by atoms with E-state index >= 15 is 0 Å². The molecule has 0 atom stereocenters. The number of piperidine rings is 1. The van der Waals surface area contributed by atoms with Gasteiger partial charge in [0.25, 0.3) is 0 Å². The van der Waals surface area contributed by atoms with E-state index in [0.29, 0.717) is 43.1 Å². The molecule has 3 rings (SSSR count). The summed E-state index contributed by atoms with van der Waals surface area (Å²) in [5.41, 5.74) is 1.55. The number of esters is 1. The summed E-state index contributed by atoms with van der Waals surface area (Å²) in [6, 6.07) is 0. The second-order valence-electron chi connectivity index (χ2n) is 7.41. The van der Waals surface area contributed by atoms with Crippen molar-refractivity contribution in [2.24, 2.45) is 5.92 Å². The van der Waals surface area contributed by atoms with E-state index in [1.807, 2.05) is 0 Å². The van der Waals surface area contributed by atoms with Crippen LogP contribution < -0.4 is 5.32 Å². The van der Waals surface area contributed by atoms with E-state index in [2.05, 4.69) is 5.32 Å². The minimum atomic E-state index is -3.22. The first-order chi connectivity index (χ1) is 13.3. The Kier molecular flexibility index (Phi) is 6.77. The van der Waals surface area contributed by atoms with Crippen LogP contribution in [-0.4, -0.2) is 50.6 Å². The Morgan fingerprint density at radius 3 is 2.50 bits per heavy atom. The molecule has 28 heavy (non-hydrogen) atoms. The van der Waals surface area contributed by atoms with Crippen molar-refractivity contribution in [1.29, 1.82) is 0 Å². The summed E-state index contributed by atoms with van der Waals surface area (Å²) in [6.45, 7) is 2.77. The summed E-state index contributed by atoms with van der Waals surface area (Å²) in [6.07, 6.45) is 7.19. The topological polar surface area (TPSA) is 92.8 Å². The van der Waals surface area contributed by atoms with Gasteiger partial charge in [-0.25, -0.2) is 17.5 Å². The zero-order valence-electron chi connectivity index (χ0n) is 16.5. The number of carbonyl (C=O) groups is 2. The third-order valence-electron chi connectivity index (χ3n) is 5.43. The van der Waals surface area contributed by atoms with E-state index in [1.165, 1.54) is 26.8 Å². The Bertz CT molecular complexity index is 839. The van der Waals surface area contributed by atoms with Crippen molar-refractivity contribution in [3.8, 4) is 0 Å². The molecule has 1 aromatic rings. The summed E-state index contributed by atoms with van der Waals surface area (Å²) < 4.78 is 30.0. The summed E-state index contributed by atoms with van der Waals surface area (Å²) in [7, 11) is -3.22. The maximum Gasteiger partial charge on any atom is 0.341 e. The summed E-state index contributed by atoms with van der Waals surface area (Å²) in [5.74, 6) is -0.769. The van der Waals surface area contributed by atoms with Crippen LogP contribution in [0.5, 0.6) is 0 Å². The highest BCUT2D eigenvalue weighted by Gasteiger charge is 2.31. The van der Waals surface area contributed by atoms with Gasteiger partial charge in [0.05, 0.1) is 18.4 Å². The lowest BCUT2D eigenvalue weighted by atomic mass is 9.97. The lowest BCUT2D eigenvalue weighted by molar-refractivity contribution is -0.120. The number of ether oxygens (including phenoxy) is 1. The fourth-order valence-electron chi connectivity index (χ4n) is 3.91. The molecular formula is C19H28N2O5S2. The number of carbonyl (C=O) groups excluding carboxylic acids is 2. The monoisotopic (exact) mass is 428 g/mol. The number of rotatable bonds is 5. The molecule has 0 bridgehead atoms. The predicted molar refractivity (Wildman–Crippen MR) is 109 cm³/mol. The fraction of sp³-hybridized carbons (Fsp3) is 0.684. The van der Waals surface area contributed by atoms with Crippen LogP contribution in [-0.2, 0) is 32.4 Å². The Morgan fingerprint density at radius 1 is 1.18 bits per heavy atom. The largest absolute Gasteiger partial charge is 0.462 e. The van der Waals surface area contributed by atoms with Gasteiger partial charge in [0.15, 0.2) is 0 Å². The first-order valence-corrected chi connectivity index (χ1v) is 12.6. The third kappa shape index (κ3) is 4.75. The molecule has 1 fully saturated rings. The highest BCUT2D eigenvalue weighted by Crippen LogP contribution is 2.38. The summed E-state index contributed by atoms with van der Waals surface area (Å²) >= 11 is 1.49. The van der Waals surface area contributed by atoms with Crippen LogP contribution in [0.3, 0.4) is 0 Å². The molecule has 7 nitrogen and oxygen atoms in total. The van der Waals surface area contributed by atoms with Crippen molar-refractivity contribution >= 4 is 38.2 Å². The number of hydrogen-bond acceptors (Lipinski definition) is 6. The standard InChI is InChI=1S/C19H28N2O5S2/c1-3-26-19(23)16-14-7-5-4-6-8-15(14)27-18(16)20-17(22)13-9-11-21(12-10-13)28(2,24)25/h13H,3-12H2,1-2H3,(H,20,22). The molecule has 2 aliphatic rings. The smallest absolute Gasteiger partial charge is 0.341 e. The van der Waals surface area contributed by atoms with Gasteiger partial charge in [0, 0.05) is 23.9 Å². The van der Waals surface area contributed by atoms with Crippen molar-refractivity contribution in [2.45, 2.75) is 51.9 Å². The Balaban J connectivity index is 1.76. The SMILES string of the molecule is CCOC(=O)c1c(NC(=O)C2CCN(S(C)(=O)=O)CC2)sc2c1CCCCC2. The zero-order valence-corrected chi connectivity index (χ0v) is 18.1. The van der Waals surface area contributed by atoms with Gasteiger partial charge in [-0.3, -0.25) is 4.79 Å². The van der Waals surface area contributed by atoms with Crippen molar-refractivity contribution < 1.29 is 22.7 Å². The zero-order chi connectivity index (χ0) is 20.3. The number of thiophene rings is 1. The Hall–Kier alpha value is -1.45. The second kappa shape index (κ2) is 8.92. The van der Waals surface area contributed by atoms with Crippen LogP contribution in [0.15, 0.2) is 0 Å². The maximum absolute atomic E-state index is 12.8. The number of anilines is 1. The summed E-state index contributed by atoms with van der Waals surface area (Å²) in [4.78, 5) is 26.6. The van der Waals surface area contributed by atoms with Gasteiger partial charge in [0.2, 0.25) is 15.9 Å². The average molecular weight is 429 g/mol. The van der Waals surface area contributed by atoms with Crippen LogP contribution >= 0.6 is 11.3 Å². The molecule has 0 radical (unpaired) electrons. The van der Waals surface area contributed by atoms with Gasteiger partial charge in [0.1, 0.15) is 5.00 Å². The average Bonchev–Trinajstić information content (AvgIpc) is 2.82. The first kappa shape index (κ1) is 21.3. The molecule has 0 saturated carbocycles. The van der Waals surface area contributed by atoms with Gasteiger partial charge in [-0.15, -0.1) is 11.3 Å². The second-order valence-corrected chi connectivity index (χ2v) is 10.5. The van der Waals surface area contributed by atoms with Gasteiger partial charge in [-0.1, -0.05) is 6.42 Å². The van der Waals surface area contributed by atoms with Gasteiger partial charge < -0.3 is 10.1 Å². The van der Waals surface area contributed by atoms with Gasteiger partial charge >= 0.3 is 5.97 Å². The van der Waals surface area contributed by atoms with Gasteiger partial charge in [-0.05, 0) is 51.0 Å². The summed E-state index contributed by atoms with van der Waals surface area (Å²) in [5, 5.41) is 3.55. The van der Waals surface area contributed by atoms with E-state index in [1.54, 1.807) is 6.92 Å². The minimum Gasteiger partial charge on any atom is -0.462 e. The van der Waals surface area contributed by atoms with Crippen molar-refractivity contribution in [3.63, 3.8) is 0 Å². The molecule has 1 N–H and O–H groups in total. The molecule has 1 aliphatic carbocycles. The van der Waals surface area contributed by atoms with Gasteiger partial charge in [-0.2, -0.15) is 0 Å². The van der Waals surface area contributed by atoms with E-state index in [4.69, 9.17) is 4.74 Å². The van der Waals surface area contributed by atoms with Crippen LogP contribution in [0.2, 0.25) is 0 Å². The van der Waals surface area contributed by atoms with Crippen molar-refractivity contribution in [3.05, 3.63) is 16.0 Å². The van der Waals surface area contributed by atoms with E-state index in [9.17, 15) is 18.0 Å². The van der Waals surface area contributed by atoms with E-state index < -0.39 is 10.0 Å². The molecule has 1 amide bonds. The van der Waals surface area contributed by atoms with Crippen molar-refractivity contribution in [2.75, 3.05) is 31.3 Å². The number of fused-ring (bicyclic) bond motifs is 1. The predicted octanol–water partition coefficient (Wildman–Crippen LogP) is 2.80. The van der Waals surface area contributed by atoms with Crippen LogP contribution in [0.4, 0.5) is 5.00 Å². The van der Waals surface area contributed by atoms with Crippen LogP contribution in [0, 0.1) is 5.92 Å². The highest BCUT2D eigenvalue weighted by atomic mass is 32.2. The maximum atomic E-state index is 12.8. The minimum absolute atomic E-state index is 0.143. The van der Waals surface area contributed by atoms with E-state index in [-0.39, 0.29) is 17.8 Å². The number of hydrogen-bond donors (Lipinski definition) is 1.